The SMILES string of the molecule is CC[C@H](NC(=O)[C@@H](CS(=O)c1cccc2ccccc12)NS(C)(=O)=O)[C@H](O)CC1CCCCC1C.[HH].[HH]. The van der Waals surface area contributed by atoms with Gasteiger partial charge >= 0.3 is 0 Å². The van der Waals surface area contributed by atoms with Gasteiger partial charge in [0, 0.05) is 7.75 Å². The van der Waals surface area contributed by atoms with Gasteiger partial charge < -0.3 is 10.4 Å². The summed E-state index contributed by atoms with van der Waals surface area (Å²) in [5.74, 6) is 0.161. The van der Waals surface area contributed by atoms with Gasteiger partial charge in [-0.1, -0.05) is 75.9 Å². The molecule has 1 fully saturated rings. The molecule has 0 bridgehead atoms. The van der Waals surface area contributed by atoms with Crippen molar-refractivity contribution in [3.05, 3.63) is 42.5 Å². The molecule has 0 aromatic heterocycles. The van der Waals surface area contributed by atoms with E-state index >= 15 is 0 Å². The Morgan fingerprint density at radius 2 is 1.86 bits per heavy atom. The van der Waals surface area contributed by atoms with E-state index in [1.165, 1.54) is 6.42 Å². The fraction of sp³-hybridized carbons (Fsp3) is 0.577. The van der Waals surface area contributed by atoms with Gasteiger partial charge in [-0.2, -0.15) is 0 Å². The van der Waals surface area contributed by atoms with Crippen molar-refractivity contribution in [2.45, 2.75) is 75.5 Å². The molecule has 3 N–H and O–H groups in total. The Morgan fingerprint density at radius 1 is 1.17 bits per heavy atom. The van der Waals surface area contributed by atoms with E-state index in [0.717, 1.165) is 36.3 Å². The van der Waals surface area contributed by atoms with Gasteiger partial charge in [0.15, 0.2) is 0 Å². The van der Waals surface area contributed by atoms with Crippen LogP contribution in [-0.2, 0) is 25.6 Å². The third-order valence-electron chi connectivity index (χ3n) is 7.05. The van der Waals surface area contributed by atoms with Crippen molar-refractivity contribution >= 4 is 37.5 Å². The largest absolute Gasteiger partial charge is 0.391 e. The number of hydrogen-bond acceptors (Lipinski definition) is 5. The molecule has 2 aromatic carbocycles. The molecular weight excluding hydrogens is 484 g/mol. The minimum Gasteiger partial charge on any atom is -0.391 e. The number of fused-ring (bicyclic) bond motifs is 1. The van der Waals surface area contributed by atoms with Gasteiger partial charge in [-0.3, -0.25) is 9.00 Å². The lowest BCUT2D eigenvalue weighted by Crippen LogP contribution is -2.54. The van der Waals surface area contributed by atoms with Gasteiger partial charge in [-0.05, 0) is 41.5 Å². The number of carbonyl (C=O) groups excluding carboxylic acids is 1. The van der Waals surface area contributed by atoms with Crippen molar-refractivity contribution in [1.82, 2.24) is 10.0 Å². The second-order valence-electron chi connectivity index (χ2n) is 9.78. The Kier molecular flexibility index (Phi) is 9.86. The molecule has 198 valence electrons. The summed E-state index contributed by atoms with van der Waals surface area (Å²) < 4.78 is 39.7. The standard InChI is InChI=1S/C26H38N2O5S2.2H2/c1-4-22(24(29)16-20-12-6-5-10-18(20)2)27-26(30)23(28-35(3,32)33)17-34(31)25-15-9-13-19-11-7-8-14-21(19)25;;/h7-9,11,13-15,18,20,22-24,28-29H,4-6,10,12,16-17H2,1-3H3,(H,27,30);2*1H/t18?,20?,22-,23+,24+,34?;;/m0../s1. The van der Waals surface area contributed by atoms with Crippen molar-refractivity contribution in [3.63, 3.8) is 0 Å². The fourth-order valence-electron chi connectivity index (χ4n) is 5.03. The third-order valence-corrected chi connectivity index (χ3v) is 9.25. The molecule has 0 radical (unpaired) electrons. The van der Waals surface area contributed by atoms with Crippen LogP contribution >= 0.6 is 0 Å². The second kappa shape index (κ2) is 12.4. The van der Waals surface area contributed by atoms with Crippen LogP contribution in [0.2, 0.25) is 0 Å². The number of nitrogens with one attached hydrogen (secondary N) is 2. The first kappa shape index (κ1) is 27.8. The van der Waals surface area contributed by atoms with Crippen LogP contribution in [0, 0.1) is 11.8 Å². The van der Waals surface area contributed by atoms with Gasteiger partial charge in [0.2, 0.25) is 15.9 Å². The van der Waals surface area contributed by atoms with Crippen molar-refractivity contribution in [2.24, 2.45) is 11.8 Å². The molecule has 1 saturated carbocycles. The highest BCUT2D eigenvalue weighted by atomic mass is 32.2. The summed E-state index contributed by atoms with van der Waals surface area (Å²) >= 11 is 0. The van der Waals surface area contributed by atoms with Gasteiger partial charge in [0.05, 0.1) is 35.0 Å². The molecule has 9 heteroatoms. The summed E-state index contributed by atoms with van der Waals surface area (Å²) in [4.78, 5) is 13.7. The summed E-state index contributed by atoms with van der Waals surface area (Å²) in [6, 6.07) is 11.2. The number of rotatable bonds is 11. The minimum absolute atomic E-state index is 0. The van der Waals surface area contributed by atoms with Crippen LogP contribution in [0.5, 0.6) is 0 Å². The first-order chi connectivity index (χ1) is 16.6. The van der Waals surface area contributed by atoms with Gasteiger partial charge in [0.1, 0.15) is 6.04 Å². The topological polar surface area (TPSA) is 113 Å². The van der Waals surface area contributed by atoms with Crippen LogP contribution in [0.15, 0.2) is 47.4 Å². The molecule has 7 nitrogen and oxygen atoms in total. The van der Waals surface area contributed by atoms with Crippen LogP contribution in [0.25, 0.3) is 10.8 Å². The first-order valence-electron chi connectivity index (χ1n) is 12.4. The summed E-state index contributed by atoms with van der Waals surface area (Å²) in [5, 5.41) is 15.5. The molecule has 0 aliphatic heterocycles. The molecule has 0 heterocycles. The predicted molar refractivity (Wildman–Crippen MR) is 145 cm³/mol. The zero-order valence-electron chi connectivity index (χ0n) is 20.8. The van der Waals surface area contributed by atoms with Crippen LogP contribution in [0.4, 0.5) is 0 Å². The molecule has 0 saturated heterocycles. The zero-order valence-corrected chi connectivity index (χ0v) is 22.4. The van der Waals surface area contributed by atoms with Crippen molar-refractivity contribution < 1.29 is 25.4 Å². The maximum atomic E-state index is 13.3. The number of aliphatic hydroxyl groups excluding tert-OH is 1. The molecule has 1 aliphatic carbocycles. The normalized spacial score (nSPS) is 22.3. The highest BCUT2D eigenvalue weighted by Gasteiger charge is 2.31. The van der Waals surface area contributed by atoms with Crippen molar-refractivity contribution in [2.75, 3.05) is 12.0 Å². The smallest absolute Gasteiger partial charge is 0.239 e. The molecule has 3 rings (SSSR count). The molecule has 1 amide bonds. The quantitative estimate of drug-likeness (QED) is 0.412. The van der Waals surface area contributed by atoms with E-state index in [4.69, 9.17) is 0 Å². The number of benzene rings is 2. The maximum Gasteiger partial charge on any atom is 0.239 e. The van der Waals surface area contributed by atoms with Crippen LogP contribution in [0.1, 0.15) is 55.2 Å². The van der Waals surface area contributed by atoms with Crippen LogP contribution in [-0.4, -0.2) is 53.8 Å². The average molecular weight is 527 g/mol. The molecule has 1 aliphatic rings. The summed E-state index contributed by atoms with van der Waals surface area (Å²) in [7, 11) is -5.37. The lowest BCUT2D eigenvalue weighted by atomic mass is 9.76. The van der Waals surface area contributed by atoms with Gasteiger partial charge in [-0.25, -0.2) is 13.1 Å². The van der Waals surface area contributed by atoms with E-state index in [1.54, 1.807) is 12.1 Å². The van der Waals surface area contributed by atoms with E-state index in [2.05, 4.69) is 17.0 Å². The monoisotopic (exact) mass is 526 g/mol. The number of sulfonamides is 1. The molecular formula is C26H42N2O5S2. The summed E-state index contributed by atoms with van der Waals surface area (Å²) in [5.41, 5.74) is 0. The van der Waals surface area contributed by atoms with Gasteiger partial charge in [0.25, 0.3) is 0 Å². The number of amides is 1. The number of hydrogen-bond donors (Lipinski definition) is 3. The minimum atomic E-state index is -3.74. The molecule has 3 unspecified atom stereocenters. The Balaban J connectivity index is 0.00000342. The molecule has 2 aromatic rings. The fourth-order valence-corrected chi connectivity index (χ4v) is 7.22. The zero-order chi connectivity index (χ0) is 25.6. The van der Waals surface area contributed by atoms with Crippen LogP contribution < -0.4 is 10.0 Å². The van der Waals surface area contributed by atoms with Crippen molar-refractivity contribution in [3.8, 4) is 0 Å². The Morgan fingerprint density at radius 3 is 2.54 bits per heavy atom. The second-order valence-corrected chi connectivity index (χ2v) is 13.0. The highest BCUT2D eigenvalue weighted by molar-refractivity contribution is 7.89. The van der Waals surface area contributed by atoms with E-state index in [0.29, 0.717) is 29.6 Å². The number of aliphatic hydroxyl groups is 1. The van der Waals surface area contributed by atoms with E-state index in [-0.39, 0.29) is 8.61 Å². The lowest BCUT2D eigenvalue weighted by Gasteiger charge is -2.33. The average Bonchev–Trinajstić information content (AvgIpc) is 2.82. The Labute approximate surface area is 214 Å². The maximum absolute atomic E-state index is 13.3. The predicted octanol–water partition coefficient (Wildman–Crippen LogP) is 3.83. The van der Waals surface area contributed by atoms with Crippen molar-refractivity contribution in [1.29, 1.82) is 0 Å². The first-order valence-corrected chi connectivity index (χ1v) is 15.6. The summed E-state index contributed by atoms with van der Waals surface area (Å²) in [6.07, 6.45) is 5.96. The van der Waals surface area contributed by atoms with Gasteiger partial charge in [-0.15, -0.1) is 0 Å². The Bertz CT molecular complexity index is 1140. The van der Waals surface area contributed by atoms with E-state index in [9.17, 15) is 22.5 Å². The van der Waals surface area contributed by atoms with E-state index in [1.807, 2.05) is 37.3 Å². The molecule has 35 heavy (non-hydrogen) atoms. The highest BCUT2D eigenvalue weighted by Crippen LogP contribution is 2.33. The van der Waals surface area contributed by atoms with Crippen LogP contribution in [0.3, 0.4) is 0 Å². The van der Waals surface area contributed by atoms with E-state index < -0.39 is 44.9 Å². The third kappa shape index (κ3) is 7.84. The lowest BCUT2D eigenvalue weighted by molar-refractivity contribution is -0.124. The Hall–Kier alpha value is -1.81. The summed E-state index contributed by atoms with van der Waals surface area (Å²) in [6.45, 7) is 4.09. The number of carbonyl (C=O) groups is 1. The molecule has 0 spiro atoms. The molecule has 6 atom stereocenters.